The van der Waals surface area contributed by atoms with Gasteiger partial charge in [-0.05, 0) is 43.5 Å². The number of carbonyl (C=O) groups excluding carboxylic acids is 4. The van der Waals surface area contributed by atoms with Crippen LogP contribution in [0.5, 0.6) is 0 Å². The van der Waals surface area contributed by atoms with Crippen molar-refractivity contribution in [2.75, 3.05) is 13.6 Å². The van der Waals surface area contributed by atoms with Crippen molar-refractivity contribution < 1.29 is 19.2 Å². The van der Waals surface area contributed by atoms with Gasteiger partial charge in [-0.25, -0.2) is 0 Å². The third kappa shape index (κ3) is 5.39. The molecule has 0 aromatic heterocycles. The van der Waals surface area contributed by atoms with Crippen LogP contribution >= 0.6 is 0 Å². The summed E-state index contributed by atoms with van der Waals surface area (Å²) in [5.41, 5.74) is 6.06. The van der Waals surface area contributed by atoms with Gasteiger partial charge < -0.3 is 21.3 Å². The minimum atomic E-state index is -1.13. The highest BCUT2D eigenvalue weighted by Gasteiger charge is 2.48. The fourth-order valence-electron chi connectivity index (χ4n) is 4.05. The maximum absolute atomic E-state index is 13.2. The fourth-order valence-corrected chi connectivity index (χ4v) is 4.05. The Labute approximate surface area is 193 Å². The number of likely N-dealkylation sites (tertiary alicyclic amines) is 1. The smallest absolute Gasteiger partial charge is 0.248 e. The van der Waals surface area contributed by atoms with Gasteiger partial charge in [-0.15, -0.1) is 0 Å². The number of amides is 4. The van der Waals surface area contributed by atoms with Crippen molar-refractivity contribution in [3.8, 4) is 0 Å². The van der Waals surface area contributed by atoms with Crippen molar-refractivity contribution in [3.05, 3.63) is 71.3 Å². The average molecular weight is 451 g/mol. The molecule has 4 amide bonds. The maximum atomic E-state index is 13.2. The first-order valence-corrected chi connectivity index (χ1v) is 10.9. The third-order valence-electron chi connectivity index (χ3n) is 6.20. The fraction of sp³-hybridized carbons (Fsp3) is 0.360. The van der Waals surface area contributed by atoms with E-state index in [2.05, 4.69) is 10.6 Å². The van der Waals surface area contributed by atoms with Crippen LogP contribution < -0.4 is 16.4 Å². The zero-order chi connectivity index (χ0) is 24.2. The lowest BCUT2D eigenvalue weighted by atomic mass is 9.86. The summed E-state index contributed by atoms with van der Waals surface area (Å²) < 4.78 is 0. The predicted octanol–water partition coefficient (Wildman–Crippen LogP) is 1.56. The summed E-state index contributed by atoms with van der Waals surface area (Å²) in [5.74, 6) is -1.31. The van der Waals surface area contributed by atoms with E-state index in [4.69, 9.17) is 5.73 Å². The SMILES string of the molecule is CC(NC(=O)Cc1ccc(C(N)=O)cc1)C(NC(=O)C1(C)CCN(C)C1=O)c1ccccc1. The molecule has 3 atom stereocenters. The molecule has 0 spiro atoms. The monoisotopic (exact) mass is 450 g/mol. The van der Waals surface area contributed by atoms with E-state index < -0.39 is 23.4 Å². The van der Waals surface area contributed by atoms with Gasteiger partial charge in [0.15, 0.2) is 0 Å². The minimum absolute atomic E-state index is 0.111. The van der Waals surface area contributed by atoms with Gasteiger partial charge in [-0.2, -0.15) is 0 Å². The Morgan fingerprint density at radius 2 is 1.70 bits per heavy atom. The van der Waals surface area contributed by atoms with Crippen LogP contribution in [0.4, 0.5) is 0 Å². The molecule has 1 aliphatic heterocycles. The zero-order valence-electron chi connectivity index (χ0n) is 19.1. The van der Waals surface area contributed by atoms with Gasteiger partial charge in [0.2, 0.25) is 23.6 Å². The van der Waals surface area contributed by atoms with Crippen molar-refractivity contribution in [1.29, 1.82) is 0 Å². The minimum Gasteiger partial charge on any atom is -0.366 e. The summed E-state index contributed by atoms with van der Waals surface area (Å²) >= 11 is 0. The van der Waals surface area contributed by atoms with Gasteiger partial charge in [-0.1, -0.05) is 42.5 Å². The molecule has 3 rings (SSSR count). The number of hydrogen-bond donors (Lipinski definition) is 3. The molecular formula is C25H30N4O4. The summed E-state index contributed by atoms with van der Waals surface area (Å²) in [6.07, 6.45) is 0.553. The molecule has 8 heteroatoms. The molecule has 1 aliphatic rings. The Morgan fingerprint density at radius 3 is 2.24 bits per heavy atom. The van der Waals surface area contributed by atoms with E-state index in [0.717, 1.165) is 11.1 Å². The summed E-state index contributed by atoms with van der Waals surface area (Å²) in [6, 6.07) is 14.9. The van der Waals surface area contributed by atoms with Crippen molar-refractivity contribution in [1.82, 2.24) is 15.5 Å². The van der Waals surface area contributed by atoms with Crippen molar-refractivity contribution >= 4 is 23.6 Å². The molecular weight excluding hydrogens is 420 g/mol. The van der Waals surface area contributed by atoms with Gasteiger partial charge in [0, 0.05) is 19.2 Å². The van der Waals surface area contributed by atoms with Crippen LogP contribution in [0.25, 0.3) is 0 Å². The molecule has 0 radical (unpaired) electrons. The number of benzene rings is 2. The van der Waals surface area contributed by atoms with Crippen LogP contribution in [0.3, 0.4) is 0 Å². The van der Waals surface area contributed by atoms with Gasteiger partial charge >= 0.3 is 0 Å². The van der Waals surface area contributed by atoms with E-state index in [1.807, 2.05) is 37.3 Å². The van der Waals surface area contributed by atoms with Gasteiger partial charge in [0.25, 0.3) is 0 Å². The molecule has 4 N–H and O–H groups in total. The summed E-state index contributed by atoms with van der Waals surface area (Å²) in [5, 5.41) is 5.96. The number of nitrogens with two attached hydrogens (primary N) is 1. The Hall–Kier alpha value is -3.68. The molecule has 2 aromatic carbocycles. The topological polar surface area (TPSA) is 122 Å². The number of nitrogens with zero attached hydrogens (tertiary/aromatic N) is 1. The Balaban J connectivity index is 1.72. The van der Waals surface area contributed by atoms with Crippen molar-refractivity contribution in [3.63, 3.8) is 0 Å². The van der Waals surface area contributed by atoms with Gasteiger partial charge in [0.05, 0.1) is 18.5 Å². The number of rotatable bonds is 8. The Bertz CT molecular complexity index is 1040. The quantitative estimate of drug-likeness (QED) is 0.528. The van der Waals surface area contributed by atoms with Gasteiger partial charge in [0.1, 0.15) is 5.41 Å². The van der Waals surface area contributed by atoms with Crippen LogP contribution in [0.2, 0.25) is 0 Å². The van der Waals surface area contributed by atoms with Crippen LogP contribution in [0.15, 0.2) is 54.6 Å². The third-order valence-corrected chi connectivity index (χ3v) is 6.20. The van der Waals surface area contributed by atoms with E-state index in [-0.39, 0.29) is 24.1 Å². The lowest BCUT2D eigenvalue weighted by Crippen LogP contribution is -2.50. The molecule has 0 bridgehead atoms. The highest BCUT2D eigenvalue weighted by molar-refractivity contribution is 6.06. The van der Waals surface area contributed by atoms with E-state index in [9.17, 15) is 19.2 Å². The highest BCUT2D eigenvalue weighted by Crippen LogP contribution is 2.32. The summed E-state index contributed by atoms with van der Waals surface area (Å²) in [6.45, 7) is 4.01. The van der Waals surface area contributed by atoms with E-state index >= 15 is 0 Å². The van der Waals surface area contributed by atoms with Crippen molar-refractivity contribution in [2.24, 2.45) is 11.1 Å². The standard InChI is InChI=1S/C25H30N4O4/c1-16(27-20(30)15-17-9-11-19(12-10-17)22(26)31)21(18-7-5-4-6-8-18)28-23(32)25(2)13-14-29(3)24(25)33/h4-12,16,21H,13-15H2,1-3H3,(H2,26,31)(H,27,30)(H,28,32). The lowest BCUT2D eigenvalue weighted by molar-refractivity contribution is -0.144. The predicted molar refractivity (Wildman–Crippen MR) is 124 cm³/mol. The Kier molecular flexibility index (Phi) is 7.16. The van der Waals surface area contributed by atoms with E-state index in [0.29, 0.717) is 18.5 Å². The lowest BCUT2D eigenvalue weighted by Gasteiger charge is -2.30. The van der Waals surface area contributed by atoms with E-state index in [1.54, 1.807) is 43.1 Å². The number of primary amides is 1. The first kappa shape index (κ1) is 24.0. The van der Waals surface area contributed by atoms with Crippen molar-refractivity contribution in [2.45, 2.75) is 38.8 Å². The normalized spacial score (nSPS) is 19.6. The van der Waals surface area contributed by atoms with Crippen LogP contribution in [0, 0.1) is 5.41 Å². The largest absolute Gasteiger partial charge is 0.366 e. The molecule has 1 saturated heterocycles. The molecule has 1 fully saturated rings. The molecule has 1 heterocycles. The number of hydrogen-bond acceptors (Lipinski definition) is 4. The van der Waals surface area contributed by atoms with Crippen LogP contribution in [-0.4, -0.2) is 48.2 Å². The second-order valence-corrected chi connectivity index (χ2v) is 8.76. The zero-order valence-corrected chi connectivity index (χ0v) is 19.1. The van der Waals surface area contributed by atoms with Crippen LogP contribution in [0.1, 0.15) is 47.8 Å². The van der Waals surface area contributed by atoms with Gasteiger partial charge in [-0.3, -0.25) is 19.2 Å². The number of nitrogens with one attached hydrogen (secondary N) is 2. The average Bonchev–Trinajstić information content (AvgIpc) is 3.06. The first-order chi connectivity index (χ1) is 15.6. The molecule has 0 saturated carbocycles. The highest BCUT2D eigenvalue weighted by atomic mass is 16.2. The molecule has 3 unspecified atom stereocenters. The molecule has 2 aromatic rings. The molecule has 174 valence electrons. The maximum Gasteiger partial charge on any atom is 0.248 e. The molecule has 0 aliphatic carbocycles. The second-order valence-electron chi connectivity index (χ2n) is 8.76. The number of carbonyl (C=O) groups is 4. The van der Waals surface area contributed by atoms with Crippen LogP contribution in [-0.2, 0) is 20.8 Å². The molecule has 33 heavy (non-hydrogen) atoms. The summed E-state index contributed by atoms with van der Waals surface area (Å²) in [7, 11) is 1.69. The first-order valence-electron chi connectivity index (χ1n) is 10.9. The Morgan fingerprint density at radius 1 is 1.06 bits per heavy atom. The molecule has 8 nitrogen and oxygen atoms in total. The van der Waals surface area contributed by atoms with E-state index in [1.165, 1.54) is 0 Å². The second kappa shape index (κ2) is 9.85. The summed E-state index contributed by atoms with van der Waals surface area (Å²) in [4.78, 5) is 51.2.